The molecule has 0 spiro atoms. The Balaban J connectivity index is 1.95. The molecule has 0 atom stereocenters. The molecule has 18 heavy (non-hydrogen) atoms. The fourth-order valence-corrected chi connectivity index (χ4v) is 1.77. The molecule has 0 radical (unpaired) electrons. The van der Waals surface area contributed by atoms with Crippen LogP contribution in [0.5, 0.6) is 5.88 Å². The Morgan fingerprint density at radius 1 is 1.17 bits per heavy atom. The maximum Gasteiger partial charge on any atom is 0.217 e. The average molecular weight is 243 g/mol. The van der Waals surface area contributed by atoms with E-state index in [1.807, 2.05) is 30.6 Å². The molecule has 0 aliphatic heterocycles. The maximum atomic E-state index is 5.21. The first-order chi connectivity index (χ1) is 8.81. The molecule has 0 saturated heterocycles. The summed E-state index contributed by atoms with van der Waals surface area (Å²) in [6, 6.07) is 5.96. The number of aromatic nitrogens is 2. The maximum absolute atomic E-state index is 5.21. The van der Waals surface area contributed by atoms with Gasteiger partial charge in [-0.1, -0.05) is 6.07 Å². The first kappa shape index (κ1) is 12.5. The van der Waals surface area contributed by atoms with Crippen LogP contribution in [0.25, 0.3) is 0 Å². The molecule has 0 aliphatic rings. The summed E-state index contributed by atoms with van der Waals surface area (Å²) in [6.07, 6.45) is 5.42. The molecule has 0 saturated carbocycles. The molecule has 94 valence electrons. The molecule has 0 fully saturated rings. The molecule has 2 rings (SSSR count). The third-order valence-electron chi connectivity index (χ3n) is 2.81. The van der Waals surface area contributed by atoms with Crippen molar-refractivity contribution in [1.29, 1.82) is 0 Å². The number of aryl methyl sites for hydroxylation is 1. The van der Waals surface area contributed by atoms with Gasteiger partial charge < -0.3 is 10.1 Å². The van der Waals surface area contributed by atoms with E-state index < -0.39 is 0 Å². The predicted molar refractivity (Wildman–Crippen MR) is 70.3 cm³/mol. The lowest BCUT2D eigenvalue weighted by atomic mass is 10.1. The Morgan fingerprint density at radius 3 is 2.78 bits per heavy atom. The Labute approximate surface area is 107 Å². The number of rotatable bonds is 5. The van der Waals surface area contributed by atoms with Gasteiger partial charge in [-0.15, -0.1) is 0 Å². The number of methoxy groups -OCH3 is 1. The van der Waals surface area contributed by atoms with E-state index in [0.717, 1.165) is 18.7 Å². The van der Waals surface area contributed by atoms with E-state index >= 15 is 0 Å². The normalized spacial score (nSPS) is 10.3. The van der Waals surface area contributed by atoms with Crippen molar-refractivity contribution in [3.05, 3.63) is 53.5 Å². The van der Waals surface area contributed by atoms with Crippen LogP contribution in [0.1, 0.15) is 16.7 Å². The summed E-state index contributed by atoms with van der Waals surface area (Å²) < 4.78 is 5.21. The van der Waals surface area contributed by atoms with Gasteiger partial charge in [0.1, 0.15) is 0 Å². The molecular formula is C14H17N3O. The van der Waals surface area contributed by atoms with Crippen molar-refractivity contribution in [2.75, 3.05) is 7.11 Å². The van der Waals surface area contributed by atoms with Crippen LogP contribution in [0.15, 0.2) is 36.8 Å². The SMILES string of the molecule is COc1ncccc1CNCc1ccncc1C. The molecule has 0 bridgehead atoms. The van der Waals surface area contributed by atoms with E-state index in [1.165, 1.54) is 11.1 Å². The minimum Gasteiger partial charge on any atom is -0.481 e. The third kappa shape index (κ3) is 3.05. The molecule has 2 heterocycles. The highest BCUT2D eigenvalue weighted by molar-refractivity contribution is 5.26. The summed E-state index contributed by atoms with van der Waals surface area (Å²) in [4.78, 5) is 8.25. The van der Waals surface area contributed by atoms with Gasteiger partial charge in [0.2, 0.25) is 5.88 Å². The first-order valence-electron chi connectivity index (χ1n) is 5.89. The van der Waals surface area contributed by atoms with Crippen LogP contribution >= 0.6 is 0 Å². The van der Waals surface area contributed by atoms with Crippen molar-refractivity contribution in [3.8, 4) is 5.88 Å². The van der Waals surface area contributed by atoms with Crippen molar-refractivity contribution in [3.63, 3.8) is 0 Å². The van der Waals surface area contributed by atoms with Gasteiger partial charge in [0.25, 0.3) is 0 Å². The standard InChI is InChI=1S/C14H17N3O/c1-11-8-15-7-5-12(11)9-16-10-13-4-3-6-17-14(13)18-2/h3-8,16H,9-10H2,1-2H3. The monoisotopic (exact) mass is 243 g/mol. The highest BCUT2D eigenvalue weighted by atomic mass is 16.5. The molecular weight excluding hydrogens is 226 g/mol. The zero-order valence-electron chi connectivity index (χ0n) is 10.7. The highest BCUT2D eigenvalue weighted by Gasteiger charge is 2.03. The number of pyridine rings is 2. The summed E-state index contributed by atoms with van der Waals surface area (Å²) >= 11 is 0. The molecule has 0 amide bonds. The molecule has 1 N–H and O–H groups in total. The van der Waals surface area contributed by atoms with Crippen LogP contribution in [0.4, 0.5) is 0 Å². The lowest BCUT2D eigenvalue weighted by Gasteiger charge is -2.09. The van der Waals surface area contributed by atoms with Gasteiger partial charge in [0, 0.05) is 37.2 Å². The van der Waals surface area contributed by atoms with Gasteiger partial charge in [-0.3, -0.25) is 4.98 Å². The second-order valence-corrected chi connectivity index (χ2v) is 4.08. The van der Waals surface area contributed by atoms with Crippen molar-refractivity contribution >= 4 is 0 Å². The van der Waals surface area contributed by atoms with E-state index in [1.54, 1.807) is 13.3 Å². The lowest BCUT2D eigenvalue weighted by Crippen LogP contribution is -2.14. The quantitative estimate of drug-likeness (QED) is 0.873. The average Bonchev–Trinajstić information content (AvgIpc) is 2.41. The van der Waals surface area contributed by atoms with Crippen LogP contribution in [-0.4, -0.2) is 17.1 Å². The van der Waals surface area contributed by atoms with Crippen LogP contribution in [0.2, 0.25) is 0 Å². The number of hydrogen-bond donors (Lipinski definition) is 1. The van der Waals surface area contributed by atoms with Crippen molar-refractivity contribution in [2.24, 2.45) is 0 Å². The minimum atomic E-state index is 0.677. The fourth-order valence-electron chi connectivity index (χ4n) is 1.77. The zero-order valence-corrected chi connectivity index (χ0v) is 10.7. The van der Waals surface area contributed by atoms with Gasteiger partial charge in [0.05, 0.1) is 7.11 Å². The Hall–Kier alpha value is -1.94. The second-order valence-electron chi connectivity index (χ2n) is 4.08. The summed E-state index contributed by atoms with van der Waals surface area (Å²) in [6.45, 7) is 3.61. The molecule has 0 aromatic carbocycles. The van der Waals surface area contributed by atoms with Crippen LogP contribution in [0.3, 0.4) is 0 Å². The largest absolute Gasteiger partial charge is 0.481 e. The first-order valence-corrected chi connectivity index (χ1v) is 5.89. The van der Waals surface area contributed by atoms with Gasteiger partial charge in [-0.05, 0) is 30.2 Å². The van der Waals surface area contributed by atoms with E-state index in [0.29, 0.717) is 5.88 Å². The van der Waals surface area contributed by atoms with Crippen LogP contribution < -0.4 is 10.1 Å². The highest BCUT2D eigenvalue weighted by Crippen LogP contribution is 2.13. The molecule has 0 aliphatic carbocycles. The van der Waals surface area contributed by atoms with Gasteiger partial charge in [0.15, 0.2) is 0 Å². The van der Waals surface area contributed by atoms with E-state index in [4.69, 9.17) is 4.74 Å². The fraction of sp³-hybridized carbons (Fsp3) is 0.286. The summed E-state index contributed by atoms with van der Waals surface area (Å²) in [5.41, 5.74) is 3.52. The topological polar surface area (TPSA) is 47.0 Å². The van der Waals surface area contributed by atoms with Gasteiger partial charge in [-0.2, -0.15) is 0 Å². The van der Waals surface area contributed by atoms with E-state index in [9.17, 15) is 0 Å². The molecule has 2 aromatic heterocycles. The zero-order chi connectivity index (χ0) is 12.8. The number of hydrogen-bond acceptors (Lipinski definition) is 4. The smallest absolute Gasteiger partial charge is 0.217 e. The van der Waals surface area contributed by atoms with Crippen LogP contribution in [0, 0.1) is 6.92 Å². The Kier molecular flexibility index (Phi) is 4.25. The molecule has 4 nitrogen and oxygen atoms in total. The predicted octanol–water partition coefficient (Wildman–Crippen LogP) is 2.08. The van der Waals surface area contributed by atoms with Gasteiger partial charge in [-0.25, -0.2) is 4.98 Å². The Bertz CT molecular complexity index is 514. The van der Waals surface area contributed by atoms with E-state index in [-0.39, 0.29) is 0 Å². The summed E-state index contributed by atoms with van der Waals surface area (Å²) in [5.74, 6) is 0.677. The minimum absolute atomic E-state index is 0.677. The summed E-state index contributed by atoms with van der Waals surface area (Å²) in [5, 5.41) is 3.39. The van der Waals surface area contributed by atoms with Crippen LogP contribution in [-0.2, 0) is 13.1 Å². The van der Waals surface area contributed by atoms with Crippen molar-refractivity contribution in [2.45, 2.75) is 20.0 Å². The number of nitrogens with one attached hydrogen (secondary N) is 1. The Morgan fingerprint density at radius 2 is 2.00 bits per heavy atom. The molecule has 2 aromatic rings. The third-order valence-corrected chi connectivity index (χ3v) is 2.81. The van der Waals surface area contributed by atoms with Gasteiger partial charge >= 0.3 is 0 Å². The number of nitrogens with zero attached hydrogens (tertiary/aromatic N) is 2. The second kappa shape index (κ2) is 6.12. The molecule has 0 unspecified atom stereocenters. The van der Waals surface area contributed by atoms with Crippen molar-refractivity contribution in [1.82, 2.24) is 15.3 Å². The summed E-state index contributed by atoms with van der Waals surface area (Å²) in [7, 11) is 1.64. The van der Waals surface area contributed by atoms with E-state index in [2.05, 4.69) is 22.2 Å². The lowest BCUT2D eigenvalue weighted by molar-refractivity contribution is 0.390. The number of ether oxygens (including phenoxy) is 1. The molecule has 4 heteroatoms. The van der Waals surface area contributed by atoms with Crippen molar-refractivity contribution < 1.29 is 4.74 Å².